The number of alkyl halides is 3. The molecule has 3 aromatic heterocycles. The summed E-state index contributed by atoms with van der Waals surface area (Å²) in [4.78, 5) is 10.6. The second-order valence-corrected chi connectivity index (χ2v) is 9.84. The van der Waals surface area contributed by atoms with Crippen LogP contribution in [0.1, 0.15) is 32.0 Å². The number of nitrogens with two attached hydrogens (primary N) is 1. The van der Waals surface area contributed by atoms with Crippen molar-refractivity contribution < 1.29 is 23.0 Å². The lowest BCUT2D eigenvalue weighted by atomic mass is 9.88. The number of piperidine rings is 1. The molecule has 13 heteroatoms. The topological polar surface area (TPSA) is 120 Å². The number of hydrogen-bond donors (Lipinski definition) is 2. The fraction of sp³-hybridized carbons (Fsp3) is 0.478. The molecule has 1 aliphatic rings. The minimum absolute atomic E-state index is 0.0810. The lowest BCUT2D eigenvalue weighted by Crippen LogP contribution is -2.45. The maximum Gasteiger partial charge on any atom is 0.393 e. The number of benzene rings is 1. The molecule has 2 atom stereocenters. The van der Waals surface area contributed by atoms with E-state index < -0.39 is 23.6 Å². The Morgan fingerprint density at radius 2 is 1.97 bits per heavy atom. The number of aromatic nitrogens is 6. The Bertz CT molecular complexity index is 1410. The van der Waals surface area contributed by atoms with E-state index in [1.54, 1.807) is 50.3 Å². The van der Waals surface area contributed by atoms with Crippen molar-refractivity contribution in [3.8, 4) is 5.75 Å². The Kier molecular flexibility index (Phi) is 5.69. The van der Waals surface area contributed by atoms with Gasteiger partial charge in [-0.05, 0) is 32.4 Å². The lowest BCUT2D eigenvalue weighted by molar-refractivity contribution is -0.177. The van der Waals surface area contributed by atoms with Crippen LogP contribution in [0.15, 0.2) is 30.6 Å². The molecule has 4 heterocycles. The predicted molar refractivity (Wildman–Crippen MR) is 127 cm³/mol. The molecule has 1 fully saturated rings. The molecule has 0 amide bonds. The van der Waals surface area contributed by atoms with Gasteiger partial charge in [0, 0.05) is 36.7 Å². The van der Waals surface area contributed by atoms with Crippen molar-refractivity contribution in [3.05, 3.63) is 36.4 Å². The van der Waals surface area contributed by atoms with E-state index in [2.05, 4.69) is 20.2 Å². The third-order valence-corrected chi connectivity index (χ3v) is 6.33. The first kappa shape index (κ1) is 24.1. The van der Waals surface area contributed by atoms with Gasteiger partial charge in [-0.1, -0.05) is 0 Å². The fourth-order valence-electron chi connectivity index (χ4n) is 4.66. The summed E-state index contributed by atoms with van der Waals surface area (Å²) >= 11 is 0. The number of aliphatic hydroxyl groups is 1. The zero-order chi connectivity index (χ0) is 25.8. The highest BCUT2D eigenvalue weighted by Gasteiger charge is 2.46. The molecule has 4 aromatic rings. The van der Waals surface area contributed by atoms with Crippen LogP contribution >= 0.6 is 0 Å². The summed E-state index contributed by atoms with van der Waals surface area (Å²) in [6, 6.07) is 5.24. The first-order valence-corrected chi connectivity index (χ1v) is 11.5. The summed E-state index contributed by atoms with van der Waals surface area (Å²) in [6.07, 6.45) is -1.37. The van der Waals surface area contributed by atoms with Crippen LogP contribution in [0.25, 0.3) is 16.6 Å². The Morgan fingerprint density at radius 3 is 2.67 bits per heavy atom. The number of nitrogens with zero attached hydrogens (tertiary/aromatic N) is 7. The predicted octanol–water partition coefficient (Wildman–Crippen LogP) is 3.01. The van der Waals surface area contributed by atoms with E-state index in [1.165, 1.54) is 15.4 Å². The molecule has 1 aliphatic heterocycles. The van der Waals surface area contributed by atoms with E-state index in [0.717, 1.165) is 0 Å². The fourth-order valence-corrected chi connectivity index (χ4v) is 4.66. The molecule has 0 saturated carbocycles. The van der Waals surface area contributed by atoms with Crippen LogP contribution in [0.2, 0.25) is 0 Å². The summed E-state index contributed by atoms with van der Waals surface area (Å²) in [5, 5.41) is 19.4. The molecule has 5 rings (SSSR count). The molecule has 192 valence electrons. The maximum absolute atomic E-state index is 13.9. The van der Waals surface area contributed by atoms with Crippen molar-refractivity contribution in [1.29, 1.82) is 0 Å². The van der Waals surface area contributed by atoms with E-state index in [0.29, 0.717) is 28.0 Å². The average molecular weight is 505 g/mol. The molecule has 0 radical (unpaired) electrons. The summed E-state index contributed by atoms with van der Waals surface area (Å²) in [5.41, 5.74) is 6.62. The van der Waals surface area contributed by atoms with E-state index >= 15 is 0 Å². The Hall–Kier alpha value is -3.61. The molecule has 10 nitrogen and oxygen atoms in total. The smallest absolute Gasteiger partial charge is 0.393 e. The van der Waals surface area contributed by atoms with Gasteiger partial charge in [0.15, 0.2) is 11.5 Å². The zero-order valence-corrected chi connectivity index (χ0v) is 20.1. The van der Waals surface area contributed by atoms with Crippen molar-refractivity contribution in [3.63, 3.8) is 0 Å². The van der Waals surface area contributed by atoms with Crippen LogP contribution in [0.3, 0.4) is 0 Å². The molecule has 0 aliphatic carbocycles. The van der Waals surface area contributed by atoms with Crippen LogP contribution in [0, 0.1) is 5.92 Å². The molecule has 0 spiro atoms. The number of anilines is 2. The van der Waals surface area contributed by atoms with Crippen molar-refractivity contribution >= 4 is 28.2 Å². The number of ether oxygens (including phenoxy) is 1. The van der Waals surface area contributed by atoms with Crippen LogP contribution in [-0.2, 0) is 6.54 Å². The van der Waals surface area contributed by atoms with Crippen molar-refractivity contribution in [1.82, 2.24) is 29.4 Å². The number of nitrogen functional groups attached to an aromatic ring is 1. The quantitative estimate of drug-likeness (QED) is 0.426. The van der Waals surface area contributed by atoms with E-state index in [1.807, 2.05) is 0 Å². The maximum atomic E-state index is 13.9. The van der Waals surface area contributed by atoms with Gasteiger partial charge in [0.1, 0.15) is 5.75 Å². The summed E-state index contributed by atoms with van der Waals surface area (Å²) in [5.74, 6) is -1.22. The van der Waals surface area contributed by atoms with E-state index in [9.17, 15) is 18.3 Å². The largest absolute Gasteiger partial charge is 0.497 e. The standard InChI is InChI=1S/C23H27F3N8O2/c1-22(2,35)12-33-11-15(8-28-33)32-9-13(6-14(10-32)23(24,25)26)19-30-20-17-5-4-16(36-3)7-18(17)29-21(27)34(20)31-19/h4-5,7-8,11,13-14,35H,6,9-10,12H2,1-3H3,(H2,27,29)/t13-,14+/m0/s1. The third-order valence-electron chi connectivity index (χ3n) is 6.33. The van der Waals surface area contributed by atoms with Gasteiger partial charge in [0.2, 0.25) is 5.95 Å². The summed E-state index contributed by atoms with van der Waals surface area (Å²) in [6.45, 7) is 3.57. The van der Waals surface area contributed by atoms with Gasteiger partial charge in [0.05, 0.1) is 42.6 Å². The van der Waals surface area contributed by atoms with Crippen molar-refractivity contribution in [2.75, 3.05) is 30.8 Å². The Labute approximate surface area is 204 Å². The van der Waals surface area contributed by atoms with Gasteiger partial charge in [-0.25, -0.2) is 9.97 Å². The van der Waals surface area contributed by atoms with Crippen LogP contribution in [0.4, 0.5) is 24.8 Å². The van der Waals surface area contributed by atoms with Gasteiger partial charge in [-0.15, -0.1) is 5.10 Å². The second-order valence-electron chi connectivity index (χ2n) is 9.84. The Balaban J connectivity index is 1.52. The number of methoxy groups -OCH3 is 1. The molecule has 1 aromatic carbocycles. The van der Waals surface area contributed by atoms with Crippen LogP contribution < -0.4 is 15.4 Å². The molecule has 36 heavy (non-hydrogen) atoms. The minimum Gasteiger partial charge on any atom is -0.497 e. The number of hydrogen-bond acceptors (Lipinski definition) is 8. The Morgan fingerprint density at radius 1 is 1.19 bits per heavy atom. The van der Waals surface area contributed by atoms with Gasteiger partial charge in [-0.2, -0.15) is 22.8 Å². The summed E-state index contributed by atoms with van der Waals surface area (Å²) < 4.78 is 49.9. The summed E-state index contributed by atoms with van der Waals surface area (Å²) in [7, 11) is 1.54. The molecule has 3 N–H and O–H groups in total. The average Bonchev–Trinajstić information content (AvgIpc) is 3.45. The van der Waals surface area contributed by atoms with Gasteiger partial charge in [-0.3, -0.25) is 4.68 Å². The number of halogens is 3. The highest BCUT2D eigenvalue weighted by atomic mass is 19.4. The molecule has 1 saturated heterocycles. The van der Waals surface area contributed by atoms with Gasteiger partial charge in [0.25, 0.3) is 0 Å². The highest BCUT2D eigenvalue weighted by molar-refractivity contribution is 5.93. The van der Waals surface area contributed by atoms with Crippen molar-refractivity contribution in [2.45, 2.75) is 44.5 Å². The number of fused-ring (bicyclic) bond motifs is 3. The molecular weight excluding hydrogens is 477 g/mol. The normalized spacial score (nSPS) is 19.4. The van der Waals surface area contributed by atoms with Crippen LogP contribution in [-0.4, -0.2) is 66.4 Å². The van der Waals surface area contributed by atoms with E-state index in [4.69, 9.17) is 10.5 Å². The SMILES string of the molecule is COc1ccc2c(c1)nc(N)n1nc([C@H]3C[C@@H](C(F)(F)F)CN(c4cnn(CC(C)(C)O)c4)C3)nc21. The third kappa shape index (κ3) is 4.62. The van der Waals surface area contributed by atoms with E-state index in [-0.39, 0.29) is 37.8 Å². The molecule has 0 unspecified atom stereocenters. The number of rotatable bonds is 5. The van der Waals surface area contributed by atoms with Gasteiger partial charge < -0.3 is 20.5 Å². The van der Waals surface area contributed by atoms with Gasteiger partial charge >= 0.3 is 6.18 Å². The minimum atomic E-state index is -4.39. The first-order chi connectivity index (χ1) is 16.9. The first-order valence-electron chi connectivity index (χ1n) is 11.5. The highest BCUT2D eigenvalue weighted by Crippen LogP contribution is 2.40. The van der Waals surface area contributed by atoms with Crippen molar-refractivity contribution in [2.24, 2.45) is 5.92 Å². The monoisotopic (exact) mass is 504 g/mol. The second kappa shape index (κ2) is 8.50. The van der Waals surface area contributed by atoms with Crippen LogP contribution in [0.5, 0.6) is 5.75 Å². The lowest BCUT2D eigenvalue weighted by Gasteiger charge is -2.38. The molecule has 0 bridgehead atoms. The zero-order valence-electron chi connectivity index (χ0n) is 20.1. The molecular formula is C23H27F3N8O2.